The van der Waals surface area contributed by atoms with Crippen molar-refractivity contribution in [2.24, 2.45) is 0 Å². The smallest absolute Gasteiger partial charge is 0.433 e. The van der Waals surface area contributed by atoms with Gasteiger partial charge in [0.05, 0.1) is 4.88 Å². The third kappa shape index (κ3) is 3.41. The molecular weight excluding hydrogens is 340 g/mol. The summed E-state index contributed by atoms with van der Waals surface area (Å²) < 4.78 is 50.5. The van der Waals surface area contributed by atoms with Crippen LogP contribution in [0, 0.1) is 6.92 Å². The molecule has 2 heterocycles. The van der Waals surface area contributed by atoms with Crippen LogP contribution in [0.25, 0.3) is 10.2 Å². The molecule has 0 aromatic carbocycles. The minimum atomic E-state index is -4.61. The zero-order chi connectivity index (χ0) is 17.4. The van der Waals surface area contributed by atoms with Crippen molar-refractivity contribution in [3.05, 3.63) is 28.3 Å². The quantitative estimate of drug-likeness (QED) is 0.831. The standard InChI is InChI=1S/C13H10F4N2O3S/c1-5-6-2-3-8(13(15,16)17)19-11(6)23-9(5)10(20)18-7(4-14)12(21)22/h2-3,7H,4H2,1H3,(H,18,20)(H,21,22). The highest BCUT2D eigenvalue weighted by atomic mass is 32.1. The Hall–Kier alpha value is -2.23. The van der Waals surface area contributed by atoms with Gasteiger partial charge in [-0.05, 0) is 24.6 Å². The lowest BCUT2D eigenvalue weighted by Crippen LogP contribution is -2.42. The molecule has 23 heavy (non-hydrogen) atoms. The topological polar surface area (TPSA) is 79.3 Å². The fraction of sp³-hybridized carbons (Fsp3) is 0.308. The molecule has 0 aliphatic heterocycles. The first-order valence-corrected chi connectivity index (χ1v) is 7.03. The second-order valence-electron chi connectivity index (χ2n) is 4.62. The summed E-state index contributed by atoms with van der Waals surface area (Å²) in [5.74, 6) is -2.42. The minimum absolute atomic E-state index is 0.00500. The number of alkyl halides is 4. The maximum atomic E-state index is 12.6. The number of amides is 1. The molecule has 0 spiro atoms. The summed E-state index contributed by atoms with van der Waals surface area (Å²) in [6.45, 7) is 0.190. The molecule has 0 saturated heterocycles. The Bertz CT molecular complexity index is 772. The number of nitrogens with zero attached hydrogens (tertiary/aromatic N) is 1. The first-order valence-electron chi connectivity index (χ1n) is 6.22. The van der Waals surface area contributed by atoms with E-state index in [2.05, 4.69) is 4.98 Å². The van der Waals surface area contributed by atoms with Gasteiger partial charge in [0, 0.05) is 5.39 Å². The van der Waals surface area contributed by atoms with Crippen LogP contribution in [0.4, 0.5) is 17.6 Å². The molecule has 2 aromatic heterocycles. The van der Waals surface area contributed by atoms with Crippen molar-refractivity contribution in [1.82, 2.24) is 10.3 Å². The third-order valence-corrected chi connectivity index (χ3v) is 4.26. The zero-order valence-electron chi connectivity index (χ0n) is 11.6. The number of hydrogen-bond donors (Lipinski definition) is 2. The molecule has 2 N–H and O–H groups in total. The van der Waals surface area contributed by atoms with Gasteiger partial charge in [-0.15, -0.1) is 11.3 Å². The van der Waals surface area contributed by atoms with Gasteiger partial charge >= 0.3 is 12.1 Å². The van der Waals surface area contributed by atoms with Crippen LogP contribution < -0.4 is 5.32 Å². The number of aryl methyl sites for hydroxylation is 1. The number of nitrogens with one attached hydrogen (secondary N) is 1. The number of carboxylic acid groups (broad SMARTS) is 1. The number of thiophene rings is 1. The Kier molecular flexibility index (Phi) is 4.55. The molecule has 0 aliphatic rings. The summed E-state index contributed by atoms with van der Waals surface area (Å²) in [5.41, 5.74) is -0.739. The first-order chi connectivity index (χ1) is 10.6. The molecule has 1 unspecified atom stereocenters. The van der Waals surface area contributed by atoms with Crippen LogP contribution in [-0.4, -0.2) is 34.7 Å². The number of rotatable bonds is 4. The largest absolute Gasteiger partial charge is 0.480 e. The van der Waals surface area contributed by atoms with Crippen LogP contribution in [0.2, 0.25) is 0 Å². The van der Waals surface area contributed by atoms with E-state index in [1.54, 1.807) is 0 Å². The van der Waals surface area contributed by atoms with Gasteiger partial charge < -0.3 is 10.4 Å². The van der Waals surface area contributed by atoms with Crippen molar-refractivity contribution in [3.63, 3.8) is 0 Å². The molecule has 0 radical (unpaired) electrons. The van der Waals surface area contributed by atoms with E-state index in [4.69, 9.17) is 5.11 Å². The Balaban J connectivity index is 2.40. The zero-order valence-corrected chi connectivity index (χ0v) is 12.4. The monoisotopic (exact) mass is 350 g/mol. The van der Waals surface area contributed by atoms with Crippen molar-refractivity contribution >= 4 is 33.4 Å². The predicted octanol–water partition coefficient (Wildman–Crippen LogP) is 2.78. The van der Waals surface area contributed by atoms with Crippen LogP contribution in [0.3, 0.4) is 0 Å². The second-order valence-corrected chi connectivity index (χ2v) is 5.62. The molecule has 0 bridgehead atoms. The number of hydrogen-bond acceptors (Lipinski definition) is 4. The van der Waals surface area contributed by atoms with Gasteiger partial charge in [-0.1, -0.05) is 0 Å². The van der Waals surface area contributed by atoms with Gasteiger partial charge in [-0.3, -0.25) is 4.79 Å². The average Bonchev–Trinajstić information content (AvgIpc) is 2.80. The minimum Gasteiger partial charge on any atom is -0.480 e. The normalized spacial score (nSPS) is 13.1. The average molecular weight is 350 g/mol. The Morgan fingerprint density at radius 2 is 2.04 bits per heavy atom. The van der Waals surface area contributed by atoms with Crippen molar-refractivity contribution in [3.8, 4) is 0 Å². The van der Waals surface area contributed by atoms with Crippen molar-refractivity contribution in [2.75, 3.05) is 6.67 Å². The van der Waals surface area contributed by atoms with Gasteiger partial charge in [0.1, 0.15) is 17.2 Å². The molecule has 0 saturated carbocycles. The van der Waals surface area contributed by atoms with Gasteiger partial charge in [-0.2, -0.15) is 13.2 Å². The number of fused-ring (bicyclic) bond motifs is 1. The molecule has 1 atom stereocenters. The number of carbonyl (C=O) groups excluding carboxylic acids is 1. The van der Waals surface area contributed by atoms with Crippen molar-refractivity contribution in [2.45, 2.75) is 19.1 Å². The summed E-state index contributed by atoms with van der Waals surface area (Å²) in [6, 6.07) is 0.272. The highest BCUT2D eigenvalue weighted by Crippen LogP contribution is 2.34. The fourth-order valence-electron chi connectivity index (χ4n) is 1.86. The van der Waals surface area contributed by atoms with Gasteiger partial charge in [0.15, 0.2) is 6.04 Å². The van der Waals surface area contributed by atoms with E-state index in [-0.39, 0.29) is 9.71 Å². The van der Waals surface area contributed by atoms with Crippen molar-refractivity contribution < 1.29 is 32.3 Å². The molecule has 2 aromatic rings. The Morgan fingerprint density at radius 1 is 1.39 bits per heavy atom. The van der Waals surface area contributed by atoms with E-state index >= 15 is 0 Å². The van der Waals surface area contributed by atoms with E-state index < -0.39 is 36.5 Å². The summed E-state index contributed by atoms with van der Waals surface area (Å²) in [5, 5.41) is 11.0. The summed E-state index contributed by atoms with van der Waals surface area (Å²) in [6.07, 6.45) is -4.61. The predicted molar refractivity (Wildman–Crippen MR) is 74.2 cm³/mol. The molecule has 124 valence electrons. The number of carbonyl (C=O) groups is 2. The molecule has 2 rings (SSSR count). The third-order valence-electron chi connectivity index (χ3n) is 3.06. The Labute approximate surface area is 130 Å². The SMILES string of the molecule is Cc1c(C(=O)NC(CF)C(=O)O)sc2nc(C(F)(F)F)ccc12. The van der Waals surface area contributed by atoms with Crippen LogP contribution in [-0.2, 0) is 11.0 Å². The number of halogens is 4. The maximum Gasteiger partial charge on any atom is 0.433 e. The van der Waals surface area contributed by atoms with E-state index in [9.17, 15) is 27.2 Å². The Morgan fingerprint density at radius 3 is 2.57 bits per heavy atom. The molecule has 5 nitrogen and oxygen atoms in total. The van der Waals surface area contributed by atoms with E-state index in [0.717, 1.165) is 6.07 Å². The maximum absolute atomic E-state index is 12.6. The van der Waals surface area contributed by atoms with Crippen LogP contribution in [0.15, 0.2) is 12.1 Å². The molecule has 10 heteroatoms. The van der Waals surface area contributed by atoms with Crippen LogP contribution in [0.1, 0.15) is 20.9 Å². The van der Waals surface area contributed by atoms with Crippen LogP contribution >= 0.6 is 11.3 Å². The van der Waals surface area contributed by atoms with Crippen molar-refractivity contribution in [1.29, 1.82) is 0 Å². The van der Waals surface area contributed by atoms with E-state index in [0.29, 0.717) is 22.3 Å². The van der Waals surface area contributed by atoms with Gasteiger partial charge in [0.2, 0.25) is 0 Å². The molecule has 1 amide bonds. The summed E-state index contributed by atoms with van der Waals surface area (Å²) in [4.78, 5) is 26.2. The van der Waals surface area contributed by atoms with E-state index in [1.807, 2.05) is 5.32 Å². The lowest BCUT2D eigenvalue weighted by Gasteiger charge is -2.09. The molecule has 0 aliphatic carbocycles. The lowest BCUT2D eigenvalue weighted by molar-refractivity contribution is -0.141. The number of pyridine rings is 1. The van der Waals surface area contributed by atoms with E-state index in [1.165, 1.54) is 13.0 Å². The fourth-order valence-corrected chi connectivity index (χ4v) is 2.95. The van der Waals surface area contributed by atoms with Crippen LogP contribution in [0.5, 0.6) is 0 Å². The molecule has 0 fully saturated rings. The van der Waals surface area contributed by atoms with Gasteiger partial charge in [0.25, 0.3) is 5.91 Å². The highest BCUT2D eigenvalue weighted by Gasteiger charge is 2.33. The summed E-state index contributed by atoms with van der Waals surface area (Å²) in [7, 11) is 0. The number of aromatic nitrogens is 1. The van der Waals surface area contributed by atoms with Gasteiger partial charge in [-0.25, -0.2) is 14.2 Å². The molecular formula is C13H10F4N2O3S. The number of aliphatic carboxylic acids is 1. The lowest BCUT2D eigenvalue weighted by atomic mass is 10.1. The highest BCUT2D eigenvalue weighted by molar-refractivity contribution is 7.20. The summed E-state index contributed by atoms with van der Waals surface area (Å²) >= 11 is 0.688. The first kappa shape index (κ1) is 17.1. The second kappa shape index (κ2) is 6.11. The number of carboxylic acids is 1.